The van der Waals surface area contributed by atoms with Crippen LogP contribution in [0.4, 0.5) is 22.0 Å². The minimum Gasteiger partial charge on any atom is -0.433 e. The van der Waals surface area contributed by atoms with Crippen LogP contribution in [-0.2, 0) is 15.2 Å². The predicted molar refractivity (Wildman–Crippen MR) is 55.8 cm³/mol. The second-order valence-electron chi connectivity index (χ2n) is 3.27. The van der Waals surface area contributed by atoms with Gasteiger partial charge >= 0.3 is 12.8 Å². The average molecular weight is 336 g/mol. The van der Waals surface area contributed by atoms with Crippen molar-refractivity contribution in [3.8, 4) is 11.8 Å². The number of ether oxygens (including phenoxy) is 1. The van der Waals surface area contributed by atoms with Gasteiger partial charge in [-0.15, -0.1) is 0 Å². The van der Waals surface area contributed by atoms with Crippen molar-refractivity contribution >= 4 is 19.7 Å². The number of nitrogens with zero attached hydrogens (tertiary/aromatic N) is 1. The first kappa shape index (κ1) is 16.5. The van der Waals surface area contributed by atoms with Gasteiger partial charge in [-0.1, -0.05) is 0 Å². The van der Waals surface area contributed by atoms with Crippen LogP contribution >= 0.6 is 10.7 Å². The predicted octanol–water partition coefficient (Wildman–Crippen LogP) is 3.11. The summed E-state index contributed by atoms with van der Waals surface area (Å²) in [7, 11) is 0.233. The minimum absolute atomic E-state index is 0.0687. The minimum atomic E-state index is -5.15. The molecule has 0 bridgehead atoms. The molecule has 0 amide bonds. The molecule has 0 aliphatic heterocycles. The molecule has 0 heterocycles. The molecular weight excluding hydrogens is 333 g/mol. The fourth-order valence-corrected chi connectivity index (χ4v) is 2.03. The van der Waals surface area contributed by atoms with Crippen LogP contribution in [0, 0.1) is 11.3 Å². The molecule has 1 aromatic carbocycles. The Balaban J connectivity index is 3.71. The Bertz CT molecular complexity index is 665. The maximum Gasteiger partial charge on any atom is 0.417 e. The Hall–Kier alpha value is -1.60. The van der Waals surface area contributed by atoms with Crippen LogP contribution < -0.4 is 4.74 Å². The standard InChI is InChI=1S/C9H3ClF5NO3S/c10-20(17,18)4-1-6(9(13,14)15)5(3-16)7(2-4)19-8(11)12/h1-2,8H. The van der Waals surface area contributed by atoms with Crippen LogP contribution in [0.3, 0.4) is 0 Å². The van der Waals surface area contributed by atoms with Crippen LogP contribution in [0.5, 0.6) is 5.75 Å². The van der Waals surface area contributed by atoms with Gasteiger partial charge in [0.15, 0.2) is 0 Å². The molecular formula is C9H3ClF5NO3S. The monoisotopic (exact) mass is 335 g/mol. The molecule has 0 atom stereocenters. The average Bonchev–Trinajstić information content (AvgIpc) is 2.24. The Morgan fingerprint density at radius 3 is 2.20 bits per heavy atom. The zero-order valence-electron chi connectivity index (χ0n) is 9.08. The van der Waals surface area contributed by atoms with E-state index in [2.05, 4.69) is 4.74 Å². The summed E-state index contributed by atoms with van der Waals surface area (Å²) in [6.07, 6.45) is -5.15. The first-order chi connectivity index (χ1) is 8.96. The summed E-state index contributed by atoms with van der Waals surface area (Å²) in [4.78, 5) is -1.11. The third-order valence-corrected chi connectivity index (χ3v) is 3.32. The number of rotatable bonds is 3. The normalized spacial score (nSPS) is 12.3. The molecule has 0 radical (unpaired) electrons. The van der Waals surface area contributed by atoms with Gasteiger partial charge in [0.1, 0.15) is 17.4 Å². The molecule has 0 aliphatic carbocycles. The molecule has 0 unspecified atom stereocenters. The number of nitriles is 1. The molecule has 1 rings (SSSR count). The molecule has 11 heteroatoms. The summed E-state index contributed by atoms with van der Waals surface area (Å²) in [5, 5.41) is 8.61. The van der Waals surface area contributed by atoms with Crippen molar-refractivity contribution in [3.05, 3.63) is 23.3 Å². The van der Waals surface area contributed by atoms with Crippen LogP contribution in [0.1, 0.15) is 11.1 Å². The molecule has 0 N–H and O–H groups in total. The third-order valence-electron chi connectivity index (χ3n) is 1.99. The summed E-state index contributed by atoms with van der Waals surface area (Å²) in [6, 6.07) is 1.43. The van der Waals surface area contributed by atoms with E-state index in [0.29, 0.717) is 6.07 Å². The second kappa shape index (κ2) is 5.41. The van der Waals surface area contributed by atoms with E-state index < -0.39 is 43.6 Å². The van der Waals surface area contributed by atoms with E-state index in [4.69, 9.17) is 15.9 Å². The maximum atomic E-state index is 12.7. The quantitative estimate of drug-likeness (QED) is 0.629. The number of halogens is 6. The van der Waals surface area contributed by atoms with Crippen molar-refractivity contribution < 1.29 is 35.1 Å². The van der Waals surface area contributed by atoms with E-state index >= 15 is 0 Å². The van der Waals surface area contributed by atoms with Crippen molar-refractivity contribution in [1.82, 2.24) is 0 Å². The van der Waals surface area contributed by atoms with Crippen molar-refractivity contribution in [1.29, 1.82) is 5.26 Å². The van der Waals surface area contributed by atoms with Crippen LogP contribution in [0.2, 0.25) is 0 Å². The van der Waals surface area contributed by atoms with Gasteiger partial charge in [0, 0.05) is 16.7 Å². The molecule has 1 aromatic rings. The zero-order chi connectivity index (χ0) is 15.7. The van der Waals surface area contributed by atoms with Gasteiger partial charge in [-0.05, 0) is 6.07 Å². The summed E-state index contributed by atoms with van der Waals surface area (Å²) in [5.41, 5.74) is -3.00. The SMILES string of the molecule is N#Cc1c(OC(F)F)cc(S(=O)(=O)Cl)cc1C(F)(F)F. The van der Waals surface area contributed by atoms with E-state index in [-0.39, 0.29) is 6.07 Å². The summed E-state index contributed by atoms with van der Waals surface area (Å²) in [5.74, 6) is -1.23. The van der Waals surface area contributed by atoms with Crippen molar-refractivity contribution in [2.75, 3.05) is 0 Å². The van der Waals surface area contributed by atoms with Gasteiger partial charge in [0.2, 0.25) is 0 Å². The summed E-state index contributed by atoms with van der Waals surface area (Å²) >= 11 is 0. The maximum absolute atomic E-state index is 12.7. The Morgan fingerprint density at radius 1 is 1.30 bits per heavy atom. The molecule has 0 saturated heterocycles. The van der Waals surface area contributed by atoms with Crippen LogP contribution in [0.25, 0.3) is 0 Å². The number of alkyl halides is 5. The highest BCUT2D eigenvalue weighted by Gasteiger charge is 2.37. The zero-order valence-corrected chi connectivity index (χ0v) is 10.7. The van der Waals surface area contributed by atoms with Gasteiger partial charge in [-0.25, -0.2) is 8.42 Å². The molecule has 0 spiro atoms. The fourth-order valence-electron chi connectivity index (χ4n) is 1.26. The largest absolute Gasteiger partial charge is 0.433 e. The van der Waals surface area contributed by atoms with Gasteiger partial charge in [0.25, 0.3) is 9.05 Å². The van der Waals surface area contributed by atoms with Gasteiger partial charge in [-0.3, -0.25) is 0 Å². The smallest absolute Gasteiger partial charge is 0.417 e. The lowest BCUT2D eigenvalue weighted by Gasteiger charge is -2.14. The highest BCUT2D eigenvalue weighted by molar-refractivity contribution is 8.13. The lowest BCUT2D eigenvalue weighted by molar-refractivity contribution is -0.138. The molecule has 0 fully saturated rings. The number of hydrogen-bond acceptors (Lipinski definition) is 4. The lowest BCUT2D eigenvalue weighted by atomic mass is 10.1. The molecule has 20 heavy (non-hydrogen) atoms. The summed E-state index contributed by atoms with van der Waals surface area (Å²) < 4.78 is 88.0. The topological polar surface area (TPSA) is 67.2 Å². The highest BCUT2D eigenvalue weighted by Crippen LogP contribution is 2.38. The third kappa shape index (κ3) is 3.71. The van der Waals surface area contributed by atoms with E-state index in [1.54, 1.807) is 0 Å². The number of hydrogen-bond donors (Lipinski definition) is 0. The first-order valence-corrected chi connectivity index (χ1v) is 6.82. The van der Waals surface area contributed by atoms with Crippen molar-refractivity contribution in [2.45, 2.75) is 17.7 Å². The number of benzene rings is 1. The van der Waals surface area contributed by atoms with E-state index in [1.807, 2.05) is 0 Å². The van der Waals surface area contributed by atoms with Gasteiger partial charge < -0.3 is 4.74 Å². The Morgan fingerprint density at radius 2 is 1.85 bits per heavy atom. The fraction of sp³-hybridized carbons (Fsp3) is 0.222. The molecule has 0 aromatic heterocycles. The molecule has 0 saturated carbocycles. The second-order valence-corrected chi connectivity index (χ2v) is 5.84. The van der Waals surface area contributed by atoms with Crippen LogP contribution in [-0.4, -0.2) is 15.0 Å². The Kier molecular flexibility index (Phi) is 4.45. The lowest BCUT2D eigenvalue weighted by Crippen LogP contribution is -2.13. The van der Waals surface area contributed by atoms with E-state index in [1.165, 1.54) is 0 Å². The molecule has 0 aliphatic rings. The van der Waals surface area contributed by atoms with Crippen LogP contribution in [0.15, 0.2) is 17.0 Å². The van der Waals surface area contributed by atoms with E-state index in [0.717, 1.165) is 6.07 Å². The highest BCUT2D eigenvalue weighted by atomic mass is 35.7. The Labute approximate surface area is 113 Å². The van der Waals surface area contributed by atoms with E-state index in [9.17, 15) is 30.4 Å². The molecule has 110 valence electrons. The van der Waals surface area contributed by atoms with Gasteiger partial charge in [0.05, 0.1) is 10.5 Å². The summed E-state index contributed by atoms with van der Waals surface area (Å²) in [6.45, 7) is -3.54. The van der Waals surface area contributed by atoms with Crippen molar-refractivity contribution in [3.63, 3.8) is 0 Å². The first-order valence-electron chi connectivity index (χ1n) is 4.51. The molecule has 4 nitrogen and oxygen atoms in total. The van der Waals surface area contributed by atoms with Crippen molar-refractivity contribution in [2.24, 2.45) is 0 Å². The van der Waals surface area contributed by atoms with Gasteiger partial charge in [-0.2, -0.15) is 27.2 Å².